The van der Waals surface area contributed by atoms with Crippen molar-refractivity contribution in [1.29, 1.82) is 0 Å². The largest absolute Gasteiger partial charge is 0.478 e. The smallest absolute Gasteiger partial charge is 0.327 e. The summed E-state index contributed by atoms with van der Waals surface area (Å²) in [6.45, 7) is 5.85. The van der Waals surface area contributed by atoms with Crippen LogP contribution in [0.15, 0.2) is 12.2 Å². The van der Waals surface area contributed by atoms with Gasteiger partial charge in [0.2, 0.25) is 0 Å². The van der Waals surface area contributed by atoms with Crippen molar-refractivity contribution >= 4 is 5.97 Å². The topological polar surface area (TPSA) is 37.3 Å². The highest BCUT2D eigenvalue weighted by Crippen LogP contribution is 2.13. The minimum atomic E-state index is -0.884. The molecule has 0 radical (unpaired) electrons. The lowest BCUT2D eigenvalue weighted by Gasteiger charge is -2.09. The van der Waals surface area contributed by atoms with Gasteiger partial charge in [-0.3, -0.25) is 0 Å². The molecule has 0 amide bonds. The van der Waals surface area contributed by atoms with Gasteiger partial charge in [-0.1, -0.05) is 26.8 Å². The number of allylic oxidation sites excluding steroid dienone is 1. The third kappa shape index (κ3) is 7.21. The van der Waals surface area contributed by atoms with Gasteiger partial charge in [-0.05, 0) is 5.41 Å². The molecule has 0 aliphatic rings. The van der Waals surface area contributed by atoms with Crippen molar-refractivity contribution in [3.8, 4) is 0 Å². The van der Waals surface area contributed by atoms with Crippen LogP contribution in [0.25, 0.3) is 0 Å². The van der Waals surface area contributed by atoms with E-state index in [9.17, 15) is 4.79 Å². The second kappa shape index (κ2) is 2.67. The van der Waals surface area contributed by atoms with Gasteiger partial charge in [0, 0.05) is 6.08 Å². The standard InChI is InChI=1S/C7H12O2/c1-7(2,3)5-4-6(8)9/h4-5H,1-3H3,(H,8,9). The molecule has 0 heterocycles. The van der Waals surface area contributed by atoms with Crippen molar-refractivity contribution < 1.29 is 9.90 Å². The summed E-state index contributed by atoms with van der Waals surface area (Å²) in [6.07, 6.45) is 2.83. The predicted molar refractivity (Wildman–Crippen MR) is 36.2 cm³/mol. The van der Waals surface area contributed by atoms with E-state index in [1.165, 1.54) is 6.08 Å². The zero-order chi connectivity index (χ0) is 7.49. The fraction of sp³-hybridized carbons (Fsp3) is 0.571. The number of aliphatic carboxylic acids is 1. The Morgan fingerprint density at radius 3 is 2.00 bits per heavy atom. The fourth-order valence-corrected chi connectivity index (χ4v) is 0.321. The summed E-state index contributed by atoms with van der Waals surface area (Å²) in [5.41, 5.74) is -0.0294. The molecule has 0 unspecified atom stereocenters. The first-order chi connectivity index (χ1) is 3.92. The quantitative estimate of drug-likeness (QED) is 0.545. The molecule has 0 bridgehead atoms. The van der Waals surface area contributed by atoms with E-state index in [2.05, 4.69) is 0 Å². The molecule has 0 aliphatic carbocycles. The van der Waals surface area contributed by atoms with Gasteiger partial charge in [0.25, 0.3) is 0 Å². The van der Waals surface area contributed by atoms with Crippen molar-refractivity contribution in [2.24, 2.45) is 5.41 Å². The summed E-state index contributed by atoms with van der Waals surface area (Å²) in [7, 11) is 0. The van der Waals surface area contributed by atoms with Crippen LogP contribution in [-0.4, -0.2) is 11.1 Å². The van der Waals surface area contributed by atoms with Crippen molar-refractivity contribution in [1.82, 2.24) is 0 Å². The average molecular weight is 128 g/mol. The van der Waals surface area contributed by atoms with E-state index in [1.54, 1.807) is 6.08 Å². The van der Waals surface area contributed by atoms with Crippen LogP contribution in [0.5, 0.6) is 0 Å². The zero-order valence-corrected chi connectivity index (χ0v) is 6.01. The molecular weight excluding hydrogens is 116 g/mol. The Hall–Kier alpha value is -0.790. The summed E-state index contributed by atoms with van der Waals surface area (Å²) < 4.78 is 0. The molecule has 0 rings (SSSR count). The van der Waals surface area contributed by atoms with Crippen molar-refractivity contribution in [3.05, 3.63) is 12.2 Å². The van der Waals surface area contributed by atoms with E-state index in [1.807, 2.05) is 20.8 Å². The van der Waals surface area contributed by atoms with Crippen molar-refractivity contribution in [3.63, 3.8) is 0 Å². The summed E-state index contributed by atoms with van der Waals surface area (Å²) in [5.74, 6) is -0.884. The summed E-state index contributed by atoms with van der Waals surface area (Å²) in [5, 5.41) is 8.19. The van der Waals surface area contributed by atoms with Gasteiger partial charge in [0.05, 0.1) is 0 Å². The van der Waals surface area contributed by atoms with Gasteiger partial charge < -0.3 is 5.11 Å². The Labute approximate surface area is 55.2 Å². The van der Waals surface area contributed by atoms with E-state index < -0.39 is 5.97 Å². The third-order valence-corrected chi connectivity index (χ3v) is 0.726. The Bertz CT molecular complexity index is 128. The lowest BCUT2D eigenvalue weighted by atomic mass is 9.96. The summed E-state index contributed by atoms with van der Waals surface area (Å²) in [4.78, 5) is 9.96. The molecule has 0 atom stereocenters. The highest BCUT2D eigenvalue weighted by Gasteiger charge is 2.03. The fourth-order valence-electron chi connectivity index (χ4n) is 0.321. The molecule has 52 valence electrons. The van der Waals surface area contributed by atoms with E-state index >= 15 is 0 Å². The van der Waals surface area contributed by atoms with Crippen molar-refractivity contribution in [2.45, 2.75) is 20.8 Å². The molecule has 0 aliphatic heterocycles. The predicted octanol–water partition coefficient (Wildman–Crippen LogP) is 1.67. The van der Waals surface area contributed by atoms with Crippen LogP contribution in [0.2, 0.25) is 0 Å². The minimum absolute atomic E-state index is 0.0294. The van der Waals surface area contributed by atoms with Crippen LogP contribution < -0.4 is 0 Å². The second-order valence-corrected chi connectivity index (χ2v) is 3.04. The van der Waals surface area contributed by atoms with Gasteiger partial charge in [-0.25, -0.2) is 4.79 Å². The van der Waals surface area contributed by atoms with Gasteiger partial charge in [-0.2, -0.15) is 0 Å². The average Bonchev–Trinajstić information content (AvgIpc) is 1.59. The Balaban J connectivity index is 3.86. The summed E-state index contributed by atoms with van der Waals surface area (Å²) >= 11 is 0. The molecule has 0 aromatic rings. The van der Waals surface area contributed by atoms with E-state index in [0.717, 1.165) is 0 Å². The van der Waals surface area contributed by atoms with Crippen molar-refractivity contribution in [2.75, 3.05) is 0 Å². The number of carbonyl (C=O) groups is 1. The molecule has 0 fully saturated rings. The number of carboxylic acids is 1. The molecule has 0 aromatic heterocycles. The Morgan fingerprint density at radius 2 is 1.89 bits per heavy atom. The highest BCUT2D eigenvalue weighted by molar-refractivity contribution is 5.79. The maximum atomic E-state index is 9.96. The third-order valence-electron chi connectivity index (χ3n) is 0.726. The minimum Gasteiger partial charge on any atom is -0.478 e. The zero-order valence-electron chi connectivity index (χ0n) is 6.01. The first-order valence-corrected chi connectivity index (χ1v) is 2.84. The normalized spacial score (nSPS) is 12.3. The van der Waals surface area contributed by atoms with E-state index in [-0.39, 0.29) is 5.41 Å². The number of hydrogen-bond donors (Lipinski definition) is 1. The molecule has 0 saturated carbocycles. The molecular formula is C7H12O2. The Kier molecular flexibility index (Phi) is 2.43. The molecule has 0 aromatic carbocycles. The monoisotopic (exact) mass is 128 g/mol. The molecule has 0 spiro atoms. The number of rotatable bonds is 1. The molecule has 2 heteroatoms. The van der Waals surface area contributed by atoms with Gasteiger partial charge in [0.1, 0.15) is 0 Å². The molecule has 2 nitrogen and oxygen atoms in total. The Morgan fingerprint density at radius 1 is 1.44 bits per heavy atom. The van der Waals surface area contributed by atoms with Gasteiger partial charge in [-0.15, -0.1) is 0 Å². The SMILES string of the molecule is CC(C)(C)C=CC(=O)O. The first kappa shape index (κ1) is 8.21. The van der Waals surface area contributed by atoms with Gasteiger partial charge in [0.15, 0.2) is 0 Å². The van der Waals surface area contributed by atoms with Crippen LogP contribution >= 0.6 is 0 Å². The maximum Gasteiger partial charge on any atom is 0.327 e. The maximum absolute atomic E-state index is 9.96. The van der Waals surface area contributed by atoms with Crippen LogP contribution in [0, 0.1) is 5.41 Å². The number of carboxylic acid groups (broad SMARTS) is 1. The highest BCUT2D eigenvalue weighted by atomic mass is 16.4. The molecule has 9 heavy (non-hydrogen) atoms. The molecule has 0 saturated heterocycles. The van der Waals surface area contributed by atoms with Crippen LogP contribution in [0.4, 0.5) is 0 Å². The number of hydrogen-bond acceptors (Lipinski definition) is 1. The van der Waals surface area contributed by atoms with Crippen LogP contribution in [-0.2, 0) is 4.79 Å². The first-order valence-electron chi connectivity index (χ1n) is 2.84. The summed E-state index contributed by atoms with van der Waals surface area (Å²) in [6, 6.07) is 0. The molecule has 1 N–H and O–H groups in total. The lowest BCUT2D eigenvalue weighted by Crippen LogP contribution is -2.00. The van der Waals surface area contributed by atoms with Crippen LogP contribution in [0.3, 0.4) is 0 Å². The van der Waals surface area contributed by atoms with Crippen LogP contribution in [0.1, 0.15) is 20.8 Å². The van der Waals surface area contributed by atoms with E-state index in [0.29, 0.717) is 0 Å². The second-order valence-electron chi connectivity index (χ2n) is 3.04. The van der Waals surface area contributed by atoms with E-state index in [4.69, 9.17) is 5.11 Å². The van der Waals surface area contributed by atoms with Gasteiger partial charge >= 0.3 is 5.97 Å². The lowest BCUT2D eigenvalue weighted by molar-refractivity contribution is -0.131.